The van der Waals surface area contributed by atoms with E-state index >= 15 is 0 Å². The van der Waals surface area contributed by atoms with Crippen molar-refractivity contribution in [1.82, 2.24) is 20.9 Å². The van der Waals surface area contributed by atoms with Gasteiger partial charge in [0.2, 0.25) is 17.7 Å². The summed E-state index contributed by atoms with van der Waals surface area (Å²) in [6.45, 7) is -0.0779. The quantitative estimate of drug-likeness (QED) is 0.130. The van der Waals surface area contributed by atoms with Gasteiger partial charge in [0.1, 0.15) is 12.1 Å². The average molecular weight is 519 g/mol. The summed E-state index contributed by atoms with van der Waals surface area (Å²) < 4.78 is 0. The lowest BCUT2D eigenvalue weighted by Gasteiger charge is -2.21. The molecule has 13 nitrogen and oxygen atoms in total. The molecule has 0 fully saturated rings. The average Bonchev–Trinajstić information content (AvgIpc) is 3.26. The summed E-state index contributed by atoms with van der Waals surface area (Å²) in [6, 6.07) is 4.13. The number of carbonyl (C=O) groups is 5. The number of aromatic nitrogens is 1. The Morgan fingerprint density at radius 1 is 0.946 bits per heavy atom. The summed E-state index contributed by atoms with van der Waals surface area (Å²) in [5, 5.41) is 26.2. The number of unbranched alkanes of at least 4 members (excludes halogenated alkanes) is 1. The Morgan fingerprint density at radius 3 is 2.35 bits per heavy atom. The summed E-state index contributed by atoms with van der Waals surface area (Å²) in [5.41, 5.74) is 13.3. The van der Waals surface area contributed by atoms with Gasteiger partial charge in [-0.05, 0) is 50.3 Å². The molecule has 0 radical (unpaired) electrons. The van der Waals surface area contributed by atoms with Crippen LogP contribution >= 0.6 is 0 Å². The molecule has 0 aliphatic rings. The highest BCUT2D eigenvalue weighted by Gasteiger charge is 2.27. The van der Waals surface area contributed by atoms with E-state index in [9.17, 15) is 29.1 Å². The zero-order chi connectivity index (χ0) is 27.4. The second kappa shape index (κ2) is 14.6. The minimum absolute atomic E-state index is 0.175. The number of amides is 3. The molecule has 1 aromatic heterocycles. The number of nitrogens with two attached hydrogens (primary N) is 2. The zero-order valence-corrected chi connectivity index (χ0v) is 20.4. The summed E-state index contributed by atoms with van der Waals surface area (Å²) in [4.78, 5) is 62.9. The number of hydrogen-bond donors (Lipinski definition) is 8. The number of aliphatic carboxylic acids is 2. The molecule has 3 amide bonds. The number of carbonyl (C=O) groups excluding carboxylic acids is 3. The number of para-hydroxylation sites is 1. The van der Waals surface area contributed by atoms with Crippen molar-refractivity contribution in [3.63, 3.8) is 0 Å². The van der Waals surface area contributed by atoms with Crippen molar-refractivity contribution in [2.75, 3.05) is 13.1 Å². The van der Waals surface area contributed by atoms with Gasteiger partial charge in [-0.3, -0.25) is 19.2 Å². The van der Waals surface area contributed by atoms with Crippen LogP contribution < -0.4 is 27.4 Å². The molecule has 2 rings (SSSR count). The van der Waals surface area contributed by atoms with Crippen LogP contribution in [0.4, 0.5) is 0 Å². The number of carboxylic acid groups (broad SMARTS) is 2. The van der Waals surface area contributed by atoms with Gasteiger partial charge in [-0.25, -0.2) is 4.79 Å². The maximum Gasteiger partial charge on any atom is 0.326 e. The van der Waals surface area contributed by atoms with Gasteiger partial charge in [-0.1, -0.05) is 18.2 Å². The lowest BCUT2D eigenvalue weighted by atomic mass is 10.1. The predicted molar refractivity (Wildman–Crippen MR) is 134 cm³/mol. The molecule has 0 spiro atoms. The van der Waals surface area contributed by atoms with E-state index in [1.807, 2.05) is 24.3 Å². The molecule has 0 saturated heterocycles. The molecule has 3 atom stereocenters. The molecule has 0 saturated carbocycles. The molecule has 0 bridgehead atoms. The van der Waals surface area contributed by atoms with E-state index in [0.717, 1.165) is 16.5 Å². The normalized spacial score (nSPS) is 13.4. The van der Waals surface area contributed by atoms with Crippen molar-refractivity contribution in [3.8, 4) is 0 Å². The van der Waals surface area contributed by atoms with Crippen LogP contribution in [0.25, 0.3) is 10.9 Å². The third kappa shape index (κ3) is 9.54. The zero-order valence-electron chi connectivity index (χ0n) is 20.4. The van der Waals surface area contributed by atoms with Crippen molar-refractivity contribution in [3.05, 3.63) is 36.0 Å². The lowest BCUT2D eigenvalue weighted by molar-refractivity contribution is -0.143. The number of fused-ring (bicyclic) bond motifs is 1. The molecule has 1 heterocycles. The largest absolute Gasteiger partial charge is 0.481 e. The molecule has 1 aromatic carbocycles. The number of rotatable bonds is 16. The van der Waals surface area contributed by atoms with Gasteiger partial charge in [0, 0.05) is 23.5 Å². The van der Waals surface area contributed by atoms with Crippen LogP contribution in [-0.4, -0.2) is 76.1 Å². The van der Waals surface area contributed by atoms with Crippen molar-refractivity contribution in [1.29, 1.82) is 0 Å². The summed E-state index contributed by atoms with van der Waals surface area (Å²) in [7, 11) is 0. The van der Waals surface area contributed by atoms with Crippen LogP contribution in [0.3, 0.4) is 0 Å². The third-order valence-corrected chi connectivity index (χ3v) is 5.73. The Kier molecular flexibility index (Phi) is 11.5. The molecule has 10 N–H and O–H groups in total. The molecule has 3 unspecified atom stereocenters. The van der Waals surface area contributed by atoms with Gasteiger partial charge in [-0.15, -0.1) is 0 Å². The van der Waals surface area contributed by atoms with Gasteiger partial charge in [0.05, 0.1) is 12.6 Å². The second-order valence-electron chi connectivity index (χ2n) is 8.62. The second-order valence-corrected chi connectivity index (χ2v) is 8.62. The molecular weight excluding hydrogens is 484 g/mol. The molecule has 202 valence electrons. The van der Waals surface area contributed by atoms with Gasteiger partial charge in [0.25, 0.3) is 0 Å². The highest BCUT2D eigenvalue weighted by atomic mass is 16.4. The standard InChI is InChI=1S/C24H34N6O7/c25-10-4-3-7-18(23(35)30-19(24(36)37)8-9-21(32)33)29-20(31)13-28-22(34)16(26)11-14-12-27-17-6-2-1-5-15(14)17/h1-2,5-6,12,16,18-19,27H,3-4,7-11,13,25-26H2,(H,28,34)(H,29,31)(H,30,35)(H,32,33)(H,36,37). The van der Waals surface area contributed by atoms with Crippen LogP contribution in [0.2, 0.25) is 0 Å². The molecule has 37 heavy (non-hydrogen) atoms. The van der Waals surface area contributed by atoms with E-state index in [1.54, 1.807) is 6.20 Å². The number of hydrogen-bond acceptors (Lipinski definition) is 7. The summed E-state index contributed by atoms with van der Waals surface area (Å²) >= 11 is 0. The van der Waals surface area contributed by atoms with Crippen LogP contribution in [0.1, 0.15) is 37.7 Å². The number of benzene rings is 1. The Labute approximate surface area is 213 Å². The predicted octanol–water partition coefficient (Wildman–Crippen LogP) is -0.798. The fraction of sp³-hybridized carbons (Fsp3) is 0.458. The topological polar surface area (TPSA) is 230 Å². The van der Waals surface area contributed by atoms with Crippen molar-refractivity contribution < 1.29 is 34.2 Å². The number of H-pyrrole nitrogens is 1. The van der Waals surface area contributed by atoms with Crippen molar-refractivity contribution in [2.45, 2.75) is 56.7 Å². The molecular formula is C24H34N6O7. The first-order valence-corrected chi connectivity index (χ1v) is 11.9. The summed E-state index contributed by atoms with van der Waals surface area (Å²) in [6.07, 6.45) is 2.47. The highest BCUT2D eigenvalue weighted by Crippen LogP contribution is 2.18. The first-order valence-electron chi connectivity index (χ1n) is 11.9. The monoisotopic (exact) mass is 518 g/mol. The van der Waals surface area contributed by atoms with E-state index < -0.39 is 60.8 Å². The van der Waals surface area contributed by atoms with E-state index in [1.165, 1.54) is 0 Å². The molecule has 2 aromatic rings. The van der Waals surface area contributed by atoms with Crippen LogP contribution in [0, 0.1) is 0 Å². The van der Waals surface area contributed by atoms with Crippen molar-refractivity contribution in [2.24, 2.45) is 11.5 Å². The number of nitrogens with one attached hydrogen (secondary N) is 4. The Bertz CT molecular complexity index is 1100. The third-order valence-electron chi connectivity index (χ3n) is 5.73. The Balaban J connectivity index is 1.92. The minimum atomic E-state index is -1.43. The first-order chi connectivity index (χ1) is 17.6. The number of carboxylic acids is 2. The first kappa shape index (κ1) is 29.3. The van der Waals surface area contributed by atoms with Gasteiger partial charge in [-0.2, -0.15) is 0 Å². The fourth-order valence-electron chi connectivity index (χ4n) is 3.73. The van der Waals surface area contributed by atoms with Crippen LogP contribution in [-0.2, 0) is 30.4 Å². The van der Waals surface area contributed by atoms with Crippen molar-refractivity contribution >= 4 is 40.6 Å². The Hall–Kier alpha value is -3.97. The smallest absolute Gasteiger partial charge is 0.326 e. The van der Waals surface area contributed by atoms with E-state index in [0.29, 0.717) is 19.4 Å². The van der Waals surface area contributed by atoms with Gasteiger partial charge in [0.15, 0.2) is 0 Å². The molecule has 0 aliphatic carbocycles. The van der Waals surface area contributed by atoms with Gasteiger partial charge < -0.3 is 42.6 Å². The summed E-state index contributed by atoms with van der Waals surface area (Å²) in [5.74, 6) is -4.59. The fourth-order valence-corrected chi connectivity index (χ4v) is 3.73. The van der Waals surface area contributed by atoms with E-state index in [-0.39, 0.29) is 19.3 Å². The molecule has 0 aliphatic heterocycles. The van der Waals surface area contributed by atoms with E-state index in [2.05, 4.69) is 20.9 Å². The SMILES string of the molecule is NCCCCC(NC(=O)CNC(=O)C(N)Cc1c[nH]c2ccccc12)C(=O)NC(CCC(=O)O)C(=O)O. The van der Waals surface area contributed by atoms with E-state index in [4.69, 9.17) is 16.6 Å². The Morgan fingerprint density at radius 2 is 1.68 bits per heavy atom. The lowest BCUT2D eigenvalue weighted by Crippen LogP contribution is -2.53. The highest BCUT2D eigenvalue weighted by molar-refractivity contribution is 5.93. The maximum atomic E-state index is 12.7. The molecule has 13 heteroatoms. The van der Waals surface area contributed by atoms with Gasteiger partial charge >= 0.3 is 11.9 Å². The van der Waals surface area contributed by atoms with Crippen LogP contribution in [0.15, 0.2) is 30.5 Å². The van der Waals surface area contributed by atoms with Crippen LogP contribution in [0.5, 0.6) is 0 Å². The maximum absolute atomic E-state index is 12.7. The number of aromatic amines is 1. The minimum Gasteiger partial charge on any atom is -0.481 e.